The minimum Gasteiger partial charge on any atom is -0.744 e. The number of azo groups is 2. The molecule has 6 aromatic rings. The van der Waals surface area contributed by atoms with Crippen LogP contribution >= 0.6 is 0 Å². The molecule has 45 heavy (non-hydrogen) atoms. The number of hydrogen-bond acceptors (Lipinski definition) is 13. The fourth-order valence-corrected chi connectivity index (χ4v) is 6.02. The van der Waals surface area contributed by atoms with Crippen molar-refractivity contribution in [3.63, 3.8) is 0 Å². The number of phenolic OH excluding ortho intramolecular Hbond substituents is 1. The Hall–Kier alpha value is -5.48. The number of nitrogens with zero attached hydrogens (tertiary/aromatic N) is 4. The highest BCUT2D eigenvalue weighted by molar-refractivity contribution is 7.86. The van der Waals surface area contributed by atoms with Crippen LogP contribution in [-0.2, 0) is 20.2 Å². The summed E-state index contributed by atoms with van der Waals surface area (Å²) in [6.45, 7) is 0. The number of rotatable bonds is 6. The molecule has 0 aliphatic rings. The first kappa shape index (κ1) is 29.6. The van der Waals surface area contributed by atoms with Crippen LogP contribution in [0.15, 0.2) is 121 Å². The summed E-state index contributed by atoms with van der Waals surface area (Å²) in [5, 5.41) is 30.2. The van der Waals surface area contributed by atoms with Gasteiger partial charge in [0.2, 0.25) is 0 Å². The summed E-state index contributed by atoms with van der Waals surface area (Å²) in [7, 11) is -9.74. The molecule has 0 saturated carbocycles. The number of nitrogens with two attached hydrogens (primary N) is 2. The van der Waals surface area contributed by atoms with Crippen molar-refractivity contribution in [3.05, 3.63) is 91.0 Å². The van der Waals surface area contributed by atoms with E-state index < -0.39 is 41.5 Å². The van der Waals surface area contributed by atoms with Gasteiger partial charge in [0.15, 0.2) is 5.75 Å². The van der Waals surface area contributed by atoms with Crippen molar-refractivity contribution in [3.8, 4) is 5.75 Å². The van der Waals surface area contributed by atoms with E-state index in [1.165, 1.54) is 42.5 Å². The van der Waals surface area contributed by atoms with E-state index in [2.05, 4.69) is 20.5 Å². The number of benzene rings is 6. The van der Waals surface area contributed by atoms with Gasteiger partial charge >= 0.3 is 0 Å². The lowest BCUT2D eigenvalue weighted by atomic mass is 10.1. The highest BCUT2D eigenvalue weighted by atomic mass is 32.2. The predicted octanol–water partition coefficient (Wildman–Crippen LogP) is 6.66. The van der Waals surface area contributed by atoms with Gasteiger partial charge in [0.1, 0.15) is 25.9 Å². The Morgan fingerprint density at radius 3 is 1.76 bits per heavy atom. The van der Waals surface area contributed by atoms with Gasteiger partial charge in [0.25, 0.3) is 0 Å². The van der Waals surface area contributed by atoms with E-state index in [1.54, 1.807) is 42.5 Å². The molecule has 0 radical (unpaired) electrons. The van der Waals surface area contributed by atoms with Gasteiger partial charge in [-0.25, -0.2) is 16.8 Å². The lowest BCUT2D eigenvalue weighted by Crippen LogP contribution is -1.99. The highest BCUT2D eigenvalue weighted by Crippen LogP contribution is 2.43. The van der Waals surface area contributed by atoms with Gasteiger partial charge in [0, 0.05) is 38.3 Å². The molecule has 0 bridgehead atoms. The van der Waals surface area contributed by atoms with E-state index in [0.29, 0.717) is 38.6 Å². The maximum Gasteiger partial charge on any atom is 0.152 e. The van der Waals surface area contributed by atoms with Gasteiger partial charge in [-0.2, -0.15) is 0 Å². The van der Waals surface area contributed by atoms with Gasteiger partial charge in [-0.05, 0) is 60.0 Å². The van der Waals surface area contributed by atoms with Crippen LogP contribution in [0.3, 0.4) is 0 Å². The summed E-state index contributed by atoms with van der Waals surface area (Å²) < 4.78 is 70.7. The second kappa shape index (κ2) is 10.9. The lowest BCUT2D eigenvalue weighted by Gasteiger charge is -2.13. The molecule has 0 heterocycles. The van der Waals surface area contributed by atoms with Crippen LogP contribution in [0.4, 0.5) is 34.1 Å². The minimum atomic E-state index is -5.05. The Morgan fingerprint density at radius 1 is 0.578 bits per heavy atom. The third-order valence-corrected chi connectivity index (χ3v) is 8.72. The molecule has 226 valence electrons. The minimum absolute atomic E-state index is 0.193. The lowest BCUT2D eigenvalue weighted by molar-refractivity contribution is 0.458. The van der Waals surface area contributed by atoms with Gasteiger partial charge < -0.3 is 25.7 Å². The number of aromatic hydroxyl groups is 1. The Morgan fingerprint density at radius 2 is 1.16 bits per heavy atom. The van der Waals surface area contributed by atoms with Crippen LogP contribution < -0.4 is 11.5 Å². The van der Waals surface area contributed by atoms with Gasteiger partial charge in [-0.1, -0.05) is 36.4 Å². The van der Waals surface area contributed by atoms with E-state index in [0.717, 1.165) is 6.07 Å². The van der Waals surface area contributed by atoms with Crippen molar-refractivity contribution in [2.75, 3.05) is 11.5 Å². The fraction of sp³-hybridized carbons (Fsp3) is 0. The number of hydrogen-bond donors (Lipinski definition) is 3. The topological polar surface area (TPSA) is 236 Å². The van der Waals surface area contributed by atoms with Crippen LogP contribution in [-0.4, -0.2) is 31.0 Å². The van der Waals surface area contributed by atoms with Crippen molar-refractivity contribution in [2.45, 2.75) is 9.79 Å². The fourth-order valence-electron chi connectivity index (χ4n) is 4.88. The molecule has 15 heteroatoms. The molecule has 13 nitrogen and oxygen atoms in total. The molecule has 0 aliphatic carbocycles. The summed E-state index contributed by atoms with van der Waals surface area (Å²) in [5.74, 6) is -0.566. The van der Waals surface area contributed by atoms with Crippen molar-refractivity contribution in [2.24, 2.45) is 20.5 Å². The third kappa shape index (κ3) is 5.63. The Labute approximate surface area is 255 Å². The molecule has 0 fully saturated rings. The van der Waals surface area contributed by atoms with Crippen LogP contribution in [0, 0.1) is 0 Å². The first-order valence-electron chi connectivity index (χ1n) is 13.0. The molecule has 6 aromatic carbocycles. The van der Waals surface area contributed by atoms with Crippen LogP contribution in [0.25, 0.3) is 32.3 Å². The molecule has 0 atom stereocenters. The van der Waals surface area contributed by atoms with Gasteiger partial charge in [-0.3, -0.25) is 0 Å². The van der Waals surface area contributed by atoms with Crippen LogP contribution in [0.1, 0.15) is 0 Å². The first-order chi connectivity index (χ1) is 21.3. The van der Waals surface area contributed by atoms with Crippen molar-refractivity contribution in [1.82, 2.24) is 0 Å². The summed E-state index contributed by atoms with van der Waals surface area (Å²) in [6.07, 6.45) is 0. The normalized spacial score (nSPS) is 12.7. The molecular formula is C30H20N6O7S2-2. The zero-order chi connectivity index (χ0) is 32.1. The van der Waals surface area contributed by atoms with E-state index in [1.807, 2.05) is 0 Å². The molecule has 6 rings (SSSR count). The summed E-state index contributed by atoms with van der Waals surface area (Å²) in [5.41, 5.74) is 12.9. The van der Waals surface area contributed by atoms with Gasteiger partial charge in [-0.15, -0.1) is 20.5 Å². The van der Waals surface area contributed by atoms with E-state index in [-0.39, 0.29) is 22.1 Å². The van der Waals surface area contributed by atoms with Crippen LogP contribution in [0.5, 0.6) is 5.75 Å². The SMILES string of the molecule is Nc1ccc2cc(S(=O)(=O)[O-])c(N=Nc3ccc(N=Nc4ccc(N)c5cc(S(=O)(=O)[O-])ccc45)c4ccccc34)c(O)c2c1. The summed E-state index contributed by atoms with van der Waals surface area (Å²) in [6, 6.07) is 22.5. The second-order valence-electron chi connectivity index (χ2n) is 9.89. The first-order valence-corrected chi connectivity index (χ1v) is 15.8. The third-order valence-electron chi connectivity index (χ3n) is 7.03. The molecule has 0 saturated heterocycles. The maximum absolute atomic E-state index is 12.1. The van der Waals surface area contributed by atoms with E-state index in [4.69, 9.17) is 11.5 Å². The molecule has 0 aromatic heterocycles. The standard InChI is InChI=1S/C30H22N6O7S2/c31-17-6-5-16-13-28(45(41,42)43)29(30(37)22(16)14-17)36-35-27-12-11-26(19-3-1-2-4-20(19)27)34-33-25-10-9-24(32)23-15-18(44(38,39)40)7-8-21(23)25/h1-15,37H,31-32H2,(H,38,39,40)(H,41,42,43)/p-2. The quantitative estimate of drug-likeness (QED) is 0.100. The average molecular weight is 641 g/mol. The summed E-state index contributed by atoms with van der Waals surface area (Å²) in [4.78, 5) is -1.17. The number of phenols is 1. The second-order valence-corrected chi connectivity index (χ2v) is 12.6. The largest absolute Gasteiger partial charge is 0.744 e. The Balaban J connectivity index is 1.43. The van der Waals surface area contributed by atoms with E-state index >= 15 is 0 Å². The highest BCUT2D eigenvalue weighted by Gasteiger charge is 2.18. The molecule has 5 N–H and O–H groups in total. The molecule has 0 aliphatic heterocycles. The Kier molecular flexibility index (Phi) is 7.17. The van der Waals surface area contributed by atoms with Crippen LogP contribution in [0.2, 0.25) is 0 Å². The van der Waals surface area contributed by atoms with Crippen molar-refractivity contribution < 1.29 is 31.0 Å². The van der Waals surface area contributed by atoms with Crippen molar-refractivity contribution in [1.29, 1.82) is 0 Å². The van der Waals surface area contributed by atoms with Crippen molar-refractivity contribution >= 4 is 86.7 Å². The maximum atomic E-state index is 12.1. The number of fused-ring (bicyclic) bond motifs is 3. The molecular weight excluding hydrogens is 620 g/mol. The smallest absolute Gasteiger partial charge is 0.152 e. The molecule has 0 amide bonds. The Bertz CT molecular complexity index is 2480. The summed E-state index contributed by atoms with van der Waals surface area (Å²) >= 11 is 0. The zero-order valence-corrected chi connectivity index (χ0v) is 24.5. The molecule has 0 unspecified atom stereocenters. The van der Waals surface area contributed by atoms with E-state index in [9.17, 15) is 31.0 Å². The zero-order valence-electron chi connectivity index (χ0n) is 22.8. The number of anilines is 2. The number of nitrogen functional groups attached to an aromatic ring is 2. The average Bonchev–Trinajstić information content (AvgIpc) is 3.00. The molecule has 0 spiro atoms. The van der Waals surface area contributed by atoms with Gasteiger partial charge in [0.05, 0.1) is 26.9 Å². The predicted molar refractivity (Wildman–Crippen MR) is 167 cm³/mol. The monoisotopic (exact) mass is 640 g/mol.